The SMILES string of the molecule is COC(=O)c1ccccc1-c1ccc([C@H]2[C@@H](c3ccccn3)NC(=S)N2c2ccc(C)cc2)o1. The van der Waals surface area contributed by atoms with Crippen molar-refractivity contribution >= 4 is 29.0 Å². The predicted octanol–water partition coefficient (Wildman–Crippen LogP) is 5.61. The number of carbonyl (C=O) groups excluding carboxylic acids is 1. The van der Waals surface area contributed by atoms with Gasteiger partial charge in [0.1, 0.15) is 17.6 Å². The molecule has 34 heavy (non-hydrogen) atoms. The Morgan fingerprint density at radius 1 is 1.03 bits per heavy atom. The molecule has 0 radical (unpaired) electrons. The number of methoxy groups -OCH3 is 1. The summed E-state index contributed by atoms with van der Waals surface area (Å²) < 4.78 is 11.3. The molecule has 0 spiro atoms. The van der Waals surface area contributed by atoms with E-state index in [1.165, 1.54) is 12.7 Å². The van der Waals surface area contributed by atoms with Crippen LogP contribution in [-0.4, -0.2) is 23.2 Å². The van der Waals surface area contributed by atoms with Crippen LogP contribution in [0.2, 0.25) is 0 Å². The monoisotopic (exact) mass is 469 g/mol. The number of aryl methyl sites for hydroxylation is 1. The molecule has 0 amide bonds. The van der Waals surface area contributed by atoms with Crippen LogP contribution in [0.25, 0.3) is 11.3 Å². The molecule has 170 valence electrons. The Kier molecular flexibility index (Phi) is 5.86. The number of hydrogen-bond donors (Lipinski definition) is 1. The van der Waals surface area contributed by atoms with Crippen molar-refractivity contribution in [2.45, 2.75) is 19.0 Å². The molecule has 0 saturated carbocycles. The van der Waals surface area contributed by atoms with E-state index in [0.717, 1.165) is 11.4 Å². The van der Waals surface area contributed by atoms with Gasteiger partial charge in [-0.15, -0.1) is 0 Å². The third-order valence-corrected chi connectivity index (χ3v) is 6.24. The predicted molar refractivity (Wildman–Crippen MR) is 135 cm³/mol. The van der Waals surface area contributed by atoms with Crippen LogP contribution in [0.1, 0.15) is 39.5 Å². The summed E-state index contributed by atoms with van der Waals surface area (Å²) in [5.41, 5.74) is 4.10. The Labute approximate surface area is 203 Å². The van der Waals surface area contributed by atoms with E-state index in [9.17, 15) is 4.79 Å². The lowest BCUT2D eigenvalue weighted by atomic mass is 10.0. The summed E-state index contributed by atoms with van der Waals surface area (Å²) in [7, 11) is 1.37. The maximum absolute atomic E-state index is 12.3. The third kappa shape index (κ3) is 3.95. The van der Waals surface area contributed by atoms with Crippen molar-refractivity contribution in [1.29, 1.82) is 0 Å². The smallest absolute Gasteiger partial charge is 0.338 e. The Morgan fingerprint density at radius 2 is 1.79 bits per heavy atom. The minimum Gasteiger partial charge on any atom is -0.465 e. The molecule has 2 aromatic heterocycles. The Bertz CT molecular complexity index is 1330. The topological polar surface area (TPSA) is 67.6 Å². The van der Waals surface area contributed by atoms with Gasteiger partial charge in [0.15, 0.2) is 5.11 Å². The fourth-order valence-electron chi connectivity index (χ4n) is 4.27. The van der Waals surface area contributed by atoms with E-state index in [4.69, 9.17) is 21.4 Å². The van der Waals surface area contributed by atoms with Crippen LogP contribution in [-0.2, 0) is 4.74 Å². The number of esters is 1. The maximum atomic E-state index is 12.3. The number of rotatable bonds is 5. The molecular formula is C27H23N3O3S. The number of furan rings is 1. The van der Waals surface area contributed by atoms with Gasteiger partial charge in [0.25, 0.3) is 0 Å². The van der Waals surface area contributed by atoms with Crippen LogP contribution in [0.15, 0.2) is 89.5 Å². The molecule has 1 saturated heterocycles. The second-order valence-corrected chi connectivity index (χ2v) is 8.46. The molecule has 2 atom stereocenters. The molecule has 1 N–H and O–H groups in total. The Hall–Kier alpha value is -3.97. The van der Waals surface area contributed by atoms with E-state index in [1.807, 2.05) is 54.6 Å². The molecular weight excluding hydrogens is 446 g/mol. The Morgan fingerprint density at radius 3 is 2.53 bits per heavy atom. The number of benzene rings is 2. The van der Waals surface area contributed by atoms with Crippen molar-refractivity contribution in [3.63, 3.8) is 0 Å². The van der Waals surface area contributed by atoms with Crippen LogP contribution in [0, 0.1) is 6.92 Å². The highest BCUT2D eigenvalue weighted by atomic mass is 32.1. The number of ether oxygens (including phenoxy) is 1. The number of pyridine rings is 1. The van der Waals surface area contributed by atoms with Gasteiger partial charge in [-0.25, -0.2) is 4.79 Å². The molecule has 0 aliphatic carbocycles. The lowest BCUT2D eigenvalue weighted by molar-refractivity contribution is 0.0601. The molecule has 6 nitrogen and oxygen atoms in total. The zero-order valence-corrected chi connectivity index (χ0v) is 19.6. The largest absolute Gasteiger partial charge is 0.465 e. The van der Waals surface area contributed by atoms with Crippen molar-refractivity contribution in [3.8, 4) is 11.3 Å². The lowest BCUT2D eigenvalue weighted by Gasteiger charge is -2.26. The number of anilines is 1. The maximum Gasteiger partial charge on any atom is 0.338 e. The fraction of sp³-hybridized carbons (Fsp3) is 0.148. The van der Waals surface area contributed by atoms with Crippen molar-refractivity contribution < 1.29 is 13.9 Å². The summed E-state index contributed by atoms with van der Waals surface area (Å²) in [4.78, 5) is 18.9. The van der Waals surface area contributed by atoms with Gasteiger partial charge in [-0.3, -0.25) is 4.98 Å². The van der Waals surface area contributed by atoms with Gasteiger partial charge in [-0.1, -0.05) is 42.0 Å². The van der Waals surface area contributed by atoms with E-state index in [2.05, 4.69) is 34.3 Å². The van der Waals surface area contributed by atoms with Gasteiger partial charge in [-0.05, 0) is 61.6 Å². The summed E-state index contributed by atoms with van der Waals surface area (Å²) in [6, 6.07) is 24.6. The summed E-state index contributed by atoms with van der Waals surface area (Å²) >= 11 is 5.76. The van der Waals surface area contributed by atoms with E-state index < -0.39 is 5.97 Å². The molecule has 1 aliphatic heterocycles. The third-order valence-electron chi connectivity index (χ3n) is 5.93. The first-order valence-corrected chi connectivity index (χ1v) is 11.3. The number of thiocarbonyl (C=S) groups is 1. The second kappa shape index (κ2) is 9.11. The summed E-state index contributed by atoms with van der Waals surface area (Å²) in [6.45, 7) is 2.05. The average Bonchev–Trinajstić information content (AvgIpc) is 3.49. The highest BCUT2D eigenvalue weighted by Gasteiger charge is 2.42. The molecule has 3 heterocycles. The number of carbonyl (C=O) groups is 1. The van der Waals surface area contributed by atoms with Crippen molar-refractivity contribution in [2.24, 2.45) is 0 Å². The fourth-order valence-corrected chi connectivity index (χ4v) is 4.62. The minimum atomic E-state index is -0.412. The minimum absolute atomic E-state index is 0.218. The van der Waals surface area contributed by atoms with E-state index in [-0.39, 0.29) is 12.1 Å². The van der Waals surface area contributed by atoms with Crippen LogP contribution < -0.4 is 10.2 Å². The van der Waals surface area contributed by atoms with E-state index in [1.54, 1.807) is 18.3 Å². The summed E-state index contributed by atoms with van der Waals surface area (Å²) in [5.74, 6) is 0.876. The average molecular weight is 470 g/mol. The normalized spacial score (nSPS) is 17.5. The van der Waals surface area contributed by atoms with Gasteiger partial charge >= 0.3 is 5.97 Å². The number of nitrogens with zero attached hydrogens (tertiary/aromatic N) is 2. The van der Waals surface area contributed by atoms with Gasteiger partial charge in [-0.2, -0.15) is 0 Å². The quantitative estimate of drug-likeness (QED) is 0.301. The zero-order chi connectivity index (χ0) is 23.7. The second-order valence-electron chi connectivity index (χ2n) is 8.07. The standard InChI is InChI=1S/C27H23N3O3S/c1-17-10-12-18(13-11-17)30-25(24(29-27(30)34)21-9-5-6-16-28-21)23-15-14-22(33-23)19-7-3-4-8-20(19)26(31)32-2/h3-16,24-25H,1-2H3,(H,29,34)/t24-,25+/m1/s1. The van der Waals surface area contributed by atoms with E-state index in [0.29, 0.717) is 27.8 Å². The molecule has 1 aliphatic rings. The van der Waals surface area contributed by atoms with Gasteiger partial charge in [0.05, 0.1) is 24.4 Å². The van der Waals surface area contributed by atoms with Crippen molar-refractivity contribution in [2.75, 3.05) is 12.0 Å². The first kappa shape index (κ1) is 21.9. The van der Waals surface area contributed by atoms with Crippen LogP contribution in [0.4, 0.5) is 5.69 Å². The molecule has 0 bridgehead atoms. The van der Waals surface area contributed by atoms with Crippen LogP contribution in [0.3, 0.4) is 0 Å². The molecule has 0 unspecified atom stereocenters. The molecule has 7 heteroatoms. The summed E-state index contributed by atoms with van der Waals surface area (Å²) in [6.07, 6.45) is 1.77. The lowest BCUT2D eigenvalue weighted by Crippen LogP contribution is -2.29. The first-order chi connectivity index (χ1) is 16.6. The summed E-state index contributed by atoms with van der Waals surface area (Å²) in [5, 5.41) is 4.03. The van der Waals surface area contributed by atoms with Crippen LogP contribution in [0.5, 0.6) is 0 Å². The highest BCUT2D eigenvalue weighted by molar-refractivity contribution is 7.80. The number of aromatic nitrogens is 1. The molecule has 4 aromatic rings. The van der Waals surface area contributed by atoms with E-state index >= 15 is 0 Å². The molecule has 2 aromatic carbocycles. The van der Waals surface area contributed by atoms with Gasteiger partial charge in [0.2, 0.25) is 0 Å². The zero-order valence-electron chi connectivity index (χ0n) is 18.8. The van der Waals surface area contributed by atoms with Crippen LogP contribution >= 0.6 is 12.2 Å². The number of nitrogens with one attached hydrogen (secondary N) is 1. The number of hydrogen-bond acceptors (Lipinski definition) is 5. The molecule has 5 rings (SSSR count). The first-order valence-electron chi connectivity index (χ1n) is 10.9. The van der Waals surface area contributed by atoms with Gasteiger partial charge < -0.3 is 19.4 Å². The molecule has 1 fully saturated rings. The van der Waals surface area contributed by atoms with Crippen molar-refractivity contribution in [1.82, 2.24) is 10.3 Å². The highest BCUT2D eigenvalue weighted by Crippen LogP contribution is 2.43. The Balaban J connectivity index is 1.60. The van der Waals surface area contributed by atoms with Crippen molar-refractivity contribution in [3.05, 3.63) is 108 Å². The van der Waals surface area contributed by atoms with Gasteiger partial charge in [0, 0.05) is 17.4 Å².